The third kappa shape index (κ3) is 3.07. The number of carbonyl (C=O) groups excluding carboxylic acids is 1. The molecule has 102 valence electrons. The number of para-hydroxylation sites is 1. The van der Waals surface area contributed by atoms with E-state index >= 15 is 0 Å². The summed E-state index contributed by atoms with van der Waals surface area (Å²) < 4.78 is 4.86. The van der Waals surface area contributed by atoms with Crippen molar-refractivity contribution in [1.29, 1.82) is 5.26 Å². The summed E-state index contributed by atoms with van der Waals surface area (Å²) in [6.45, 7) is 2.22. The minimum atomic E-state index is -0.178. The second-order valence-electron chi connectivity index (χ2n) is 4.33. The van der Waals surface area contributed by atoms with Gasteiger partial charge in [-0.3, -0.25) is 4.79 Å². The summed E-state index contributed by atoms with van der Waals surface area (Å²) in [5.74, 6) is -0.178. The van der Waals surface area contributed by atoms with Crippen LogP contribution in [0.4, 0.5) is 0 Å². The smallest absolute Gasteiger partial charge is 0.306 e. The van der Waals surface area contributed by atoms with Gasteiger partial charge in [0, 0.05) is 18.0 Å². The van der Waals surface area contributed by atoms with Crippen LogP contribution in [0.2, 0.25) is 0 Å². The number of hydrogen-bond acceptors (Lipinski definition) is 3. The number of carbonyl (C=O) groups is 1. The van der Waals surface area contributed by atoms with Gasteiger partial charge in [0.1, 0.15) is 6.07 Å². The molecule has 0 aliphatic heterocycles. The Kier molecular flexibility index (Phi) is 4.56. The average molecular weight is 268 g/mol. The van der Waals surface area contributed by atoms with Gasteiger partial charge in [0.05, 0.1) is 17.7 Å². The first-order valence-corrected chi connectivity index (χ1v) is 6.58. The van der Waals surface area contributed by atoms with Crippen molar-refractivity contribution in [3.05, 3.63) is 41.6 Å². The van der Waals surface area contributed by atoms with E-state index in [0.717, 1.165) is 16.5 Å². The normalized spacial score (nSPS) is 10.8. The van der Waals surface area contributed by atoms with Gasteiger partial charge in [0.15, 0.2) is 0 Å². The minimum absolute atomic E-state index is 0.178. The molecule has 2 rings (SSSR count). The lowest BCUT2D eigenvalue weighted by Crippen LogP contribution is -2.02. The number of allylic oxidation sites excluding steroid dienone is 1. The maximum absolute atomic E-state index is 11.2. The van der Waals surface area contributed by atoms with Crippen LogP contribution in [0.25, 0.3) is 17.0 Å². The number of aromatic nitrogens is 1. The zero-order chi connectivity index (χ0) is 14.4. The summed E-state index contributed by atoms with van der Waals surface area (Å²) in [5, 5.41) is 10.0. The first-order valence-electron chi connectivity index (χ1n) is 6.58. The SMILES string of the molecule is CCOC(=O)CCC=Cc1c[nH]c2c(C#N)cccc12. The molecule has 0 aliphatic carbocycles. The molecule has 2 aromatic rings. The van der Waals surface area contributed by atoms with E-state index in [2.05, 4.69) is 11.1 Å². The number of aromatic amines is 1. The average Bonchev–Trinajstić information content (AvgIpc) is 2.87. The van der Waals surface area contributed by atoms with Gasteiger partial charge < -0.3 is 9.72 Å². The first-order chi connectivity index (χ1) is 9.76. The van der Waals surface area contributed by atoms with Crippen molar-refractivity contribution >= 4 is 22.9 Å². The van der Waals surface area contributed by atoms with Crippen molar-refractivity contribution in [3.8, 4) is 6.07 Å². The van der Waals surface area contributed by atoms with Crippen LogP contribution in [-0.4, -0.2) is 17.6 Å². The zero-order valence-electron chi connectivity index (χ0n) is 11.3. The van der Waals surface area contributed by atoms with Gasteiger partial charge in [-0.25, -0.2) is 0 Å². The quantitative estimate of drug-likeness (QED) is 0.845. The van der Waals surface area contributed by atoms with Gasteiger partial charge in [-0.1, -0.05) is 24.3 Å². The molecule has 4 nitrogen and oxygen atoms in total. The number of nitrogens with one attached hydrogen (secondary N) is 1. The zero-order valence-corrected chi connectivity index (χ0v) is 11.3. The molecule has 1 aromatic carbocycles. The topological polar surface area (TPSA) is 65.9 Å². The Labute approximate surface area is 117 Å². The van der Waals surface area contributed by atoms with Crippen LogP contribution in [0, 0.1) is 11.3 Å². The highest BCUT2D eigenvalue weighted by Gasteiger charge is 2.04. The maximum Gasteiger partial charge on any atom is 0.306 e. The Morgan fingerprint density at radius 1 is 1.50 bits per heavy atom. The van der Waals surface area contributed by atoms with E-state index in [1.807, 2.05) is 30.5 Å². The largest absolute Gasteiger partial charge is 0.466 e. The Morgan fingerprint density at radius 3 is 3.10 bits per heavy atom. The summed E-state index contributed by atoms with van der Waals surface area (Å²) in [6, 6.07) is 7.78. The Morgan fingerprint density at radius 2 is 2.35 bits per heavy atom. The second kappa shape index (κ2) is 6.58. The van der Waals surface area contributed by atoms with Gasteiger partial charge in [-0.05, 0) is 25.0 Å². The number of benzene rings is 1. The van der Waals surface area contributed by atoms with Gasteiger partial charge in [-0.15, -0.1) is 0 Å². The Hall–Kier alpha value is -2.54. The predicted octanol–water partition coefficient (Wildman–Crippen LogP) is 3.40. The lowest BCUT2D eigenvalue weighted by atomic mass is 10.1. The highest BCUT2D eigenvalue weighted by atomic mass is 16.5. The lowest BCUT2D eigenvalue weighted by molar-refractivity contribution is -0.142. The second-order valence-corrected chi connectivity index (χ2v) is 4.33. The summed E-state index contributed by atoms with van der Waals surface area (Å²) in [5.41, 5.74) is 2.50. The molecule has 0 radical (unpaired) electrons. The van der Waals surface area contributed by atoms with Gasteiger partial charge >= 0.3 is 5.97 Å². The van der Waals surface area contributed by atoms with Gasteiger partial charge in [0.25, 0.3) is 0 Å². The number of rotatable bonds is 5. The van der Waals surface area contributed by atoms with Crippen molar-refractivity contribution in [2.45, 2.75) is 19.8 Å². The number of ether oxygens (including phenoxy) is 1. The van der Waals surface area contributed by atoms with E-state index in [0.29, 0.717) is 25.0 Å². The molecule has 0 fully saturated rings. The summed E-state index contributed by atoms with van der Waals surface area (Å²) in [7, 11) is 0. The van der Waals surface area contributed by atoms with Gasteiger partial charge in [-0.2, -0.15) is 5.26 Å². The standard InChI is InChI=1S/C16H16N2O2/c1-2-20-15(19)9-4-3-6-13-11-18-16-12(10-17)7-5-8-14(13)16/h3,5-8,11,18H,2,4,9H2,1H3. The van der Waals surface area contributed by atoms with E-state index in [9.17, 15) is 4.79 Å². The number of fused-ring (bicyclic) bond motifs is 1. The first kappa shape index (κ1) is 13.9. The van der Waals surface area contributed by atoms with Crippen molar-refractivity contribution in [2.75, 3.05) is 6.61 Å². The van der Waals surface area contributed by atoms with E-state index < -0.39 is 0 Å². The van der Waals surface area contributed by atoms with Crippen LogP contribution in [-0.2, 0) is 9.53 Å². The van der Waals surface area contributed by atoms with Crippen LogP contribution in [0.5, 0.6) is 0 Å². The van der Waals surface area contributed by atoms with Crippen LogP contribution in [0.15, 0.2) is 30.5 Å². The lowest BCUT2D eigenvalue weighted by Gasteiger charge is -1.98. The molecule has 0 amide bonds. The van der Waals surface area contributed by atoms with E-state index in [-0.39, 0.29) is 5.97 Å². The fraction of sp³-hybridized carbons (Fsp3) is 0.250. The van der Waals surface area contributed by atoms with Crippen molar-refractivity contribution in [3.63, 3.8) is 0 Å². The highest BCUT2D eigenvalue weighted by Crippen LogP contribution is 2.22. The number of esters is 1. The van der Waals surface area contributed by atoms with E-state index in [1.54, 1.807) is 13.0 Å². The molecule has 0 aliphatic rings. The monoisotopic (exact) mass is 268 g/mol. The number of H-pyrrole nitrogens is 1. The summed E-state index contributed by atoms with van der Waals surface area (Å²) >= 11 is 0. The molecule has 0 spiro atoms. The van der Waals surface area contributed by atoms with Crippen LogP contribution >= 0.6 is 0 Å². The molecule has 1 aromatic heterocycles. The van der Waals surface area contributed by atoms with Crippen LogP contribution in [0.1, 0.15) is 30.9 Å². The molecule has 20 heavy (non-hydrogen) atoms. The molecule has 0 saturated heterocycles. The summed E-state index contributed by atoms with van der Waals surface area (Å²) in [4.78, 5) is 14.3. The van der Waals surface area contributed by atoms with Crippen LogP contribution < -0.4 is 0 Å². The van der Waals surface area contributed by atoms with E-state index in [4.69, 9.17) is 10.00 Å². The number of nitrogens with zero attached hydrogens (tertiary/aromatic N) is 1. The number of hydrogen-bond donors (Lipinski definition) is 1. The fourth-order valence-corrected chi connectivity index (χ4v) is 2.05. The maximum atomic E-state index is 11.2. The van der Waals surface area contributed by atoms with Crippen molar-refractivity contribution < 1.29 is 9.53 Å². The molecule has 4 heteroatoms. The summed E-state index contributed by atoms with van der Waals surface area (Å²) in [6.07, 6.45) is 6.80. The van der Waals surface area contributed by atoms with Crippen LogP contribution in [0.3, 0.4) is 0 Å². The predicted molar refractivity (Wildman–Crippen MR) is 77.9 cm³/mol. The molecule has 1 heterocycles. The number of nitriles is 1. The molecule has 0 saturated carbocycles. The van der Waals surface area contributed by atoms with Gasteiger partial charge in [0.2, 0.25) is 0 Å². The molecular weight excluding hydrogens is 252 g/mol. The minimum Gasteiger partial charge on any atom is -0.466 e. The molecule has 0 unspecified atom stereocenters. The highest BCUT2D eigenvalue weighted by molar-refractivity contribution is 5.92. The molecule has 0 atom stereocenters. The third-order valence-electron chi connectivity index (χ3n) is 2.99. The van der Waals surface area contributed by atoms with Crippen molar-refractivity contribution in [1.82, 2.24) is 4.98 Å². The Balaban J connectivity index is 2.07. The molecule has 1 N–H and O–H groups in total. The van der Waals surface area contributed by atoms with E-state index in [1.165, 1.54) is 0 Å². The molecule has 0 bridgehead atoms. The fourth-order valence-electron chi connectivity index (χ4n) is 2.05. The third-order valence-corrected chi connectivity index (χ3v) is 2.99. The molecular formula is C16H16N2O2. The Bertz CT molecular complexity index is 677. The van der Waals surface area contributed by atoms with Crippen molar-refractivity contribution in [2.24, 2.45) is 0 Å².